The average Bonchev–Trinajstić information content (AvgIpc) is 1.64. The van der Waals surface area contributed by atoms with Crippen LogP contribution in [0.25, 0.3) is 0 Å². The van der Waals surface area contributed by atoms with Crippen LogP contribution in [-0.4, -0.2) is 15.5 Å². The van der Waals surface area contributed by atoms with Crippen molar-refractivity contribution in [2.45, 2.75) is 10.2 Å². The molecule has 8 heavy (non-hydrogen) atoms. The van der Waals surface area contributed by atoms with Gasteiger partial charge in [0.05, 0.1) is 0 Å². The molecule has 0 N–H and O–H groups in total. The molecule has 0 heterocycles. The summed E-state index contributed by atoms with van der Waals surface area (Å²) in [5.41, 5.74) is 0. The second-order valence-electron chi connectivity index (χ2n) is 1.04. The van der Waals surface area contributed by atoms with Gasteiger partial charge in [-0.05, 0) is 11.6 Å². The first kappa shape index (κ1) is 8.83. The van der Waals surface area contributed by atoms with E-state index in [1.807, 2.05) is 0 Å². The van der Waals surface area contributed by atoms with Gasteiger partial charge in [-0.3, -0.25) is 4.79 Å². The summed E-state index contributed by atoms with van der Waals surface area (Å²) in [7, 11) is 0. The van der Waals surface area contributed by atoms with Crippen LogP contribution >= 0.6 is 46.4 Å². The van der Waals surface area contributed by atoms with E-state index in [9.17, 15) is 4.79 Å². The molecular formula is C3H2Cl4O. The summed E-state index contributed by atoms with van der Waals surface area (Å²) in [6.45, 7) is 0. The summed E-state index contributed by atoms with van der Waals surface area (Å²) in [6.07, 6.45) is 0. The molecule has 0 rings (SSSR count). The minimum absolute atomic E-state index is 0.735. The first-order valence-electron chi connectivity index (χ1n) is 1.67. The van der Waals surface area contributed by atoms with Gasteiger partial charge in [0.25, 0.3) is 0 Å². The van der Waals surface area contributed by atoms with Crippen LogP contribution in [0.1, 0.15) is 0 Å². The molecule has 0 spiro atoms. The van der Waals surface area contributed by atoms with E-state index in [1.54, 1.807) is 0 Å². The van der Waals surface area contributed by atoms with Gasteiger partial charge >= 0.3 is 0 Å². The number of carbonyl (C=O) groups excluding carboxylic acids is 1. The highest BCUT2D eigenvalue weighted by Gasteiger charge is 2.19. The summed E-state index contributed by atoms with van der Waals surface area (Å²) in [5, 5.41) is -1.73. The SMILES string of the molecule is O=C(Cl)C(Cl)C(Cl)Cl. The molecule has 1 nitrogen and oxygen atoms in total. The van der Waals surface area contributed by atoms with Crippen LogP contribution in [-0.2, 0) is 4.79 Å². The molecular weight excluding hydrogens is 194 g/mol. The maximum Gasteiger partial charge on any atom is 0.242 e. The second-order valence-corrected chi connectivity index (χ2v) is 3.05. The van der Waals surface area contributed by atoms with Crippen molar-refractivity contribution in [1.82, 2.24) is 0 Å². The smallest absolute Gasteiger partial charge is 0.242 e. The minimum atomic E-state index is -1.00. The highest BCUT2D eigenvalue weighted by Crippen LogP contribution is 2.15. The van der Waals surface area contributed by atoms with Gasteiger partial charge in [0, 0.05) is 0 Å². The second kappa shape index (κ2) is 3.78. The van der Waals surface area contributed by atoms with Gasteiger partial charge in [-0.2, -0.15) is 0 Å². The van der Waals surface area contributed by atoms with E-state index < -0.39 is 15.5 Å². The Kier molecular flexibility index (Phi) is 4.17. The molecule has 1 atom stereocenters. The largest absolute Gasteiger partial charge is 0.280 e. The fraction of sp³-hybridized carbons (Fsp3) is 0.667. The Morgan fingerprint density at radius 3 is 1.62 bits per heavy atom. The molecule has 0 amide bonds. The van der Waals surface area contributed by atoms with Gasteiger partial charge in [0.15, 0.2) is 0 Å². The number of alkyl halides is 3. The van der Waals surface area contributed by atoms with Crippen LogP contribution in [0.4, 0.5) is 0 Å². The zero-order chi connectivity index (χ0) is 6.73. The van der Waals surface area contributed by atoms with Crippen molar-refractivity contribution in [3.63, 3.8) is 0 Å². The fourth-order valence-corrected chi connectivity index (χ4v) is 0.583. The molecule has 0 aromatic carbocycles. The summed E-state index contributed by atoms with van der Waals surface area (Å²) in [5.74, 6) is 0. The highest BCUT2D eigenvalue weighted by atomic mass is 35.5. The summed E-state index contributed by atoms with van der Waals surface area (Å²) in [4.78, 5) is 9.12. The molecule has 0 aromatic rings. The molecule has 1 unspecified atom stereocenters. The molecule has 0 radical (unpaired) electrons. The minimum Gasteiger partial charge on any atom is -0.280 e. The number of hydrogen-bond donors (Lipinski definition) is 0. The lowest BCUT2D eigenvalue weighted by Crippen LogP contribution is -2.15. The van der Waals surface area contributed by atoms with E-state index in [0.717, 1.165) is 0 Å². The highest BCUT2D eigenvalue weighted by molar-refractivity contribution is 6.71. The van der Waals surface area contributed by atoms with Gasteiger partial charge in [-0.25, -0.2) is 0 Å². The first-order valence-corrected chi connectivity index (χ1v) is 3.36. The Morgan fingerprint density at radius 1 is 1.25 bits per heavy atom. The Bertz CT molecular complexity index is 91.3. The molecule has 0 fully saturated rings. The van der Waals surface area contributed by atoms with Crippen LogP contribution in [0, 0.1) is 0 Å². The molecule has 48 valence electrons. The van der Waals surface area contributed by atoms with Crippen LogP contribution in [0.5, 0.6) is 0 Å². The topological polar surface area (TPSA) is 17.1 Å². The summed E-state index contributed by atoms with van der Waals surface area (Å²) in [6, 6.07) is 0. The van der Waals surface area contributed by atoms with Crippen LogP contribution < -0.4 is 0 Å². The third-order valence-corrected chi connectivity index (χ3v) is 2.00. The van der Waals surface area contributed by atoms with Gasteiger partial charge in [-0.15, -0.1) is 34.8 Å². The fourth-order valence-electron chi connectivity index (χ4n) is 0.0991. The van der Waals surface area contributed by atoms with Crippen molar-refractivity contribution < 1.29 is 4.79 Å². The van der Waals surface area contributed by atoms with Crippen molar-refractivity contribution in [1.29, 1.82) is 0 Å². The van der Waals surface area contributed by atoms with Crippen molar-refractivity contribution in [3.05, 3.63) is 0 Å². The Morgan fingerprint density at radius 2 is 1.62 bits per heavy atom. The Labute approximate surface area is 66.8 Å². The van der Waals surface area contributed by atoms with Crippen molar-refractivity contribution in [2.75, 3.05) is 0 Å². The Balaban J connectivity index is 3.64. The standard InChI is InChI=1S/C3H2Cl4O/c4-1(2(5)6)3(7)8/h1-2H. The van der Waals surface area contributed by atoms with Gasteiger partial charge in [0.1, 0.15) is 10.2 Å². The number of rotatable bonds is 2. The number of halogens is 4. The molecule has 5 heteroatoms. The number of carbonyl (C=O) groups is 1. The lowest BCUT2D eigenvalue weighted by Gasteiger charge is -2.00. The molecule has 0 aliphatic rings. The molecule has 0 saturated heterocycles. The molecule has 0 bridgehead atoms. The lowest BCUT2D eigenvalue weighted by molar-refractivity contribution is -0.111. The molecule has 0 saturated carbocycles. The van der Waals surface area contributed by atoms with Crippen LogP contribution in [0.2, 0.25) is 0 Å². The van der Waals surface area contributed by atoms with E-state index in [4.69, 9.17) is 46.4 Å². The normalized spacial score (nSPS) is 14.1. The van der Waals surface area contributed by atoms with E-state index in [0.29, 0.717) is 0 Å². The van der Waals surface area contributed by atoms with Crippen molar-refractivity contribution in [2.24, 2.45) is 0 Å². The quantitative estimate of drug-likeness (QED) is 0.488. The third-order valence-electron chi connectivity index (χ3n) is 0.438. The predicted molar refractivity (Wildman–Crippen MR) is 36.0 cm³/mol. The van der Waals surface area contributed by atoms with Crippen molar-refractivity contribution in [3.8, 4) is 0 Å². The van der Waals surface area contributed by atoms with Gasteiger partial charge < -0.3 is 0 Å². The van der Waals surface area contributed by atoms with E-state index in [2.05, 4.69) is 0 Å². The lowest BCUT2D eigenvalue weighted by atomic mass is 10.5. The summed E-state index contributed by atoms with van der Waals surface area (Å²) < 4.78 is 0. The van der Waals surface area contributed by atoms with Gasteiger partial charge in [-0.1, -0.05) is 0 Å². The van der Waals surface area contributed by atoms with E-state index in [1.165, 1.54) is 0 Å². The first-order chi connectivity index (χ1) is 3.55. The maximum atomic E-state index is 10.0. The van der Waals surface area contributed by atoms with Crippen LogP contribution in [0.3, 0.4) is 0 Å². The monoisotopic (exact) mass is 194 g/mol. The molecule has 0 aromatic heterocycles. The number of hydrogen-bond acceptors (Lipinski definition) is 1. The van der Waals surface area contributed by atoms with Crippen LogP contribution in [0.15, 0.2) is 0 Å². The predicted octanol–water partition coefficient (Wildman–Crippen LogP) is 2.16. The Hall–Kier alpha value is 0.830. The van der Waals surface area contributed by atoms with E-state index in [-0.39, 0.29) is 0 Å². The maximum absolute atomic E-state index is 10.0. The van der Waals surface area contributed by atoms with E-state index >= 15 is 0 Å². The molecule has 0 aliphatic heterocycles. The van der Waals surface area contributed by atoms with Gasteiger partial charge in [0.2, 0.25) is 5.24 Å². The third kappa shape index (κ3) is 2.98. The zero-order valence-electron chi connectivity index (χ0n) is 3.57. The zero-order valence-corrected chi connectivity index (χ0v) is 6.60. The average molecular weight is 196 g/mol. The van der Waals surface area contributed by atoms with Crippen molar-refractivity contribution >= 4 is 51.6 Å². The molecule has 0 aliphatic carbocycles. The summed E-state index contributed by atoms with van der Waals surface area (Å²) >= 11 is 20.4.